The summed E-state index contributed by atoms with van der Waals surface area (Å²) >= 11 is 2.20. The number of aromatic nitrogens is 1. The van der Waals surface area contributed by atoms with E-state index in [4.69, 9.17) is 0 Å². The molecule has 16 heavy (non-hydrogen) atoms. The molecule has 0 unspecified atom stereocenters. The van der Waals surface area contributed by atoms with Gasteiger partial charge in [-0.05, 0) is 46.5 Å². The van der Waals surface area contributed by atoms with Crippen LogP contribution < -0.4 is 0 Å². The van der Waals surface area contributed by atoms with Crippen LogP contribution in [0, 0.1) is 6.92 Å². The minimum atomic E-state index is -4.28. The largest absolute Gasteiger partial charge is 0.417 e. The van der Waals surface area contributed by atoms with Crippen molar-refractivity contribution in [3.05, 3.63) is 29.6 Å². The van der Waals surface area contributed by atoms with Crippen molar-refractivity contribution in [3.63, 3.8) is 0 Å². The van der Waals surface area contributed by atoms with Crippen LogP contribution >= 0.6 is 30.1 Å². The summed E-state index contributed by atoms with van der Waals surface area (Å²) in [6, 6.07) is 2.35. The molecule has 6 heteroatoms. The molecule has 0 spiro atoms. The Labute approximate surface area is 111 Å². The maximum atomic E-state index is 11.9. The zero-order valence-electron chi connectivity index (χ0n) is 9.60. The molecular weight excluding hydrogens is 350 g/mol. The number of aryl methyl sites for hydroxylation is 1. The number of halogens is 4. The quantitative estimate of drug-likeness (QED) is 0.591. The smallest absolute Gasteiger partial charge is 0.261 e. The van der Waals surface area contributed by atoms with Crippen LogP contribution in [0.2, 0.25) is 0 Å². The molecule has 0 atom stereocenters. The van der Waals surface area contributed by atoms with E-state index in [0.29, 0.717) is 5.69 Å². The third kappa shape index (κ3) is 9.26. The van der Waals surface area contributed by atoms with Crippen LogP contribution in [0.4, 0.5) is 13.2 Å². The first kappa shape index (κ1) is 18.4. The molecule has 0 saturated heterocycles. The zero-order valence-corrected chi connectivity index (χ0v) is 12.6. The van der Waals surface area contributed by atoms with Crippen molar-refractivity contribution in [2.45, 2.75) is 26.9 Å². The first-order valence-corrected chi connectivity index (χ1v) is 8.33. The first-order valence-electron chi connectivity index (χ1n) is 4.56. The highest BCUT2D eigenvalue weighted by Crippen LogP contribution is 2.28. The van der Waals surface area contributed by atoms with Crippen molar-refractivity contribution >= 4 is 30.1 Å². The molecule has 0 N–H and O–H groups in total. The lowest BCUT2D eigenvalue weighted by Gasteiger charge is -2.04. The average molecular weight is 365 g/mol. The number of hydrogen-bond acceptors (Lipinski definition) is 2. The molecule has 0 aromatic carbocycles. The molecule has 0 amide bonds. The highest BCUT2D eigenvalue weighted by Gasteiger charge is 2.30. The van der Waals surface area contributed by atoms with Crippen LogP contribution in [0.5, 0.6) is 0 Å². The lowest BCUT2D eigenvalue weighted by atomic mass is 10.2. The molecule has 1 nitrogen and oxygen atoms in total. The van der Waals surface area contributed by atoms with E-state index in [1.54, 1.807) is 15.9 Å². The highest BCUT2D eigenvalue weighted by atomic mass is 127. The fraction of sp³-hybridized carbons (Fsp3) is 0.500. The van der Waals surface area contributed by atoms with Gasteiger partial charge in [-0.15, -0.1) is 0 Å². The summed E-state index contributed by atoms with van der Waals surface area (Å²) in [6.07, 6.45) is -1.42. The predicted octanol–water partition coefficient (Wildman–Crippen LogP) is 5.13. The van der Waals surface area contributed by atoms with Gasteiger partial charge < -0.3 is 0 Å². The minimum Gasteiger partial charge on any atom is -0.261 e. The molecule has 0 aliphatic rings. The SMILES string of the molecule is CC.CSI.Cc1ccc(C(F)(F)F)cn1. The van der Waals surface area contributed by atoms with Gasteiger partial charge in [0.05, 0.1) is 5.56 Å². The minimum absolute atomic E-state index is 0.581. The first-order chi connectivity index (χ1) is 7.41. The Morgan fingerprint density at radius 2 is 1.69 bits per heavy atom. The van der Waals surface area contributed by atoms with E-state index in [1.165, 1.54) is 6.07 Å². The van der Waals surface area contributed by atoms with Crippen molar-refractivity contribution < 1.29 is 13.2 Å². The van der Waals surface area contributed by atoms with Crippen LogP contribution in [-0.4, -0.2) is 11.2 Å². The molecule has 0 fully saturated rings. The standard InChI is InChI=1S/C7H6F3N.C2H6.CH3IS/c1-5-2-3-6(4-11-5)7(8,9)10;1-2;1-3-2/h2-4H,1H3;1-2H3;1H3. The van der Waals surface area contributed by atoms with Gasteiger partial charge in [0.25, 0.3) is 0 Å². The number of rotatable bonds is 0. The summed E-state index contributed by atoms with van der Waals surface area (Å²) in [6.45, 7) is 5.64. The maximum Gasteiger partial charge on any atom is 0.417 e. The van der Waals surface area contributed by atoms with Crippen LogP contribution in [0.25, 0.3) is 0 Å². The molecule has 1 rings (SSSR count). The monoisotopic (exact) mass is 365 g/mol. The van der Waals surface area contributed by atoms with E-state index in [1.807, 2.05) is 20.1 Å². The molecule has 0 aliphatic carbocycles. The van der Waals surface area contributed by atoms with Crippen LogP contribution in [0.3, 0.4) is 0 Å². The Bertz CT molecular complexity index is 262. The van der Waals surface area contributed by atoms with Gasteiger partial charge in [-0.25, -0.2) is 0 Å². The average Bonchev–Trinajstić information content (AvgIpc) is 2.21. The van der Waals surface area contributed by atoms with Gasteiger partial charge in [0.1, 0.15) is 0 Å². The third-order valence-corrected chi connectivity index (χ3v) is 1.24. The molecule has 94 valence electrons. The van der Waals surface area contributed by atoms with E-state index in [9.17, 15) is 13.2 Å². The summed E-state index contributed by atoms with van der Waals surface area (Å²) in [5, 5.41) is 0. The topological polar surface area (TPSA) is 12.9 Å². The van der Waals surface area contributed by atoms with Gasteiger partial charge in [0.2, 0.25) is 0 Å². The Kier molecular flexibility index (Phi) is 11.7. The van der Waals surface area contributed by atoms with Gasteiger partial charge in [0.15, 0.2) is 0 Å². The summed E-state index contributed by atoms with van der Waals surface area (Å²) in [4.78, 5) is 3.53. The molecule has 1 aromatic rings. The number of alkyl halides is 3. The van der Waals surface area contributed by atoms with E-state index >= 15 is 0 Å². The van der Waals surface area contributed by atoms with E-state index in [-0.39, 0.29) is 0 Å². The second kappa shape index (κ2) is 10.2. The van der Waals surface area contributed by atoms with Gasteiger partial charge in [-0.2, -0.15) is 13.2 Å². The Morgan fingerprint density at radius 1 is 1.25 bits per heavy atom. The molecular formula is C10H15F3INS. The van der Waals surface area contributed by atoms with E-state index in [2.05, 4.69) is 26.2 Å². The van der Waals surface area contributed by atoms with Crippen molar-refractivity contribution in [2.24, 2.45) is 0 Å². The molecule has 1 heterocycles. The predicted molar refractivity (Wildman–Crippen MR) is 72.9 cm³/mol. The summed E-state index contributed by atoms with van der Waals surface area (Å²) in [5.41, 5.74) is -0.124. The van der Waals surface area contributed by atoms with Gasteiger partial charge in [-0.3, -0.25) is 4.98 Å². The van der Waals surface area contributed by atoms with Crippen LogP contribution in [-0.2, 0) is 6.18 Å². The van der Waals surface area contributed by atoms with Crippen LogP contribution in [0.1, 0.15) is 25.1 Å². The molecule has 0 saturated carbocycles. The lowest BCUT2D eigenvalue weighted by molar-refractivity contribution is -0.137. The van der Waals surface area contributed by atoms with E-state index in [0.717, 1.165) is 12.3 Å². The van der Waals surface area contributed by atoms with E-state index < -0.39 is 11.7 Å². The molecule has 0 radical (unpaired) electrons. The Morgan fingerprint density at radius 3 is 1.94 bits per heavy atom. The summed E-state index contributed by atoms with van der Waals surface area (Å²) in [5.74, 6) is 0. The molecule has 1 aromatic heterocycles. The second-order valence-corrected chi connectivity index (χ2v) is 5.29. The third-order valence-electron chi connectivity index (χ3n) is 1.24. The van der Waals surface area contributed by atoms with Gasteiger partial charge >= 0.3 is 6.18 Å². The van der Waals surface area contributed by atoms with Crippen molar-refractivity contribution in [2.75, 3.05) is 6.26 Å². The van der Waals surface area contributed by atoms with Crippen molar-refractivity contribution in [1.82, 2.24) is 4.98 Å². The normalized spacial score (nSPS) is 9.50. The van der Waals surface area contributed by atoms with Crippen molar-refractivity contribution in [3.8, 4) is 0 Å². The fourth-order valence-electron chi connectivity index (χ4n) is 0.635. The Balaban J connectivity index is 0. The van der Waals surface area contributed by atoms with Crippen molar-refractivity contribution in [1.29, 1.82) is 0 Å². The summed E-state index contributed by atoms with van der Waals surface area (Å²) < 4.78 is 35.6. The molecule has 0 aliphatic heterocycles. The summed E-state index contributed by atoms with van der Waals surface area (Å²) in [7, 11) is 1.72. The van der Waals surface area contributed by atoms with Crippen LogP contribution in [0.15, 0.2) is 18.3 Å². The highest BCUT2D eigenvalue weighted by molar-refractivity contribution is 14.2. The lowest BCUT2D eigenvalue weighted by Crippen LogP contribution is -2.05. The molecule has 0 bridgehead atoms. The fourth-order valence-corrected chi connectivity index (χ4v) is 0.635. The second-order valence-electron chi connectivity index (χ2n) is 2.34. The van der Waals surface area contributed by atoms with Gasteiger partial charge in [0, 0.05) is 11.9 Å². The number of hydrogen-bond donors (Lipinski definition) is 0. The Hall–Kier alpha value is 0.0200. The maximum absolute atomic E-state index is 11.9. The number of nitrogens with zero attached hydrogens (tertiary/aromatic N) is 1. The number of pyridine rings is 1. The van der Waals surface area contributed by atoms with Gasteiger partial charge in [-0.1, -0.05) is 22.8 Å². The zero-order chi connectivity index (χ0) is 13.2.